The lowest BCUT2D eigenvalue weighted by atomic mass is 10.3. The number of nitrogens with zero attached hydrogens (tertiary/aromatic N) is 3. The Kier molecular flexibility index (Phi) is 6.22. The molecule has 0 atom stereocenters. The second kappa shape index (κ2) is 8.90. The molecule has 2 heterocycles. The summed E-state index contributed by atoms with van der Waals surface area (Å²) in [5.74, 6) is 2.29. The van der Waals surface area contributed by atoms with Crippen LogP contribution in [0.3, 0.4) is 0 Å². The Bertz CT molecular complexity index is 1200. The van der Waals surface area contributed by atoms with Crippen LogP contribution in [0.4, 0.5) is 23.0 Å². The molecule has 1 saturated heterocycles. The molecule has 2 N–H and O–H groups in total. The van der Waals surface area contributed by atoms with Crippen LogP contribution in [-0.2, 0) is 10.0 Å². The van der Waals surface area contributed by atoms with Crippen molar-refractivity contribution in [3.63, 3.8) is 0 Å². The summed E-state index contributed by atoms with van der Waals surface area (Å²) in [7, 11) is -3.87. The zero-order valence-electron chi connectivity index (χ0n) is 16.8. The van der Waals surface area contributed by atoms with Gasteiger partial charge in [0.2, 0.25) is 0 Å². The van der Waals surface area contributed by atoms with E-state index in [1.54, 1.807) is 24.3 Å². The SMILES string of the molecule is Cc1nc(Nc2ccc(NS(=O)(=O)c3cc(Cl)ccc3Cl)cc2)cc(N2CCCC2)n1. The summed E-state index contributed by atoms with van der Waals surface area (Å²) < 4.78 is 27.8. The molecule has 0 spiro atoms. The van der Waals surface area contributed by atoms with Gasteiger partial charge >= 0.3 is 0 Å². The lowest BCUT2D eigenvalue weighted by Crippen LogP contribution is -2.19. The number of sulfonamides is 1. The zero-order valence-corrected chi connectivity index (χ0v) is 19.1. The Balaban J connectivity index is 1.49. The van der Waals surface area contributed by atoms with E-state index in [-0.39, 0.29) is 14.9 Å². The number of aryl methyl sites for hydroxylation is 1. The fourth-order valence-corrected chi connectivity index (χ4v) is 5.21. The predicted octanol–water partition coefficient (Wildman–Crippen LogP) is 5.24. The standard InChI is InChI=1S/C21H21Cl2N5O2S/c1-14-24-20(13-21(25-14)28-10-2-3-11-28)26-16-5-7-17(8-6-16)27-31(29,30)19-12-15(22)4-9-18(19)23/h4-9,12-13,27H,2-3,10-11H2,1H3,(H,24,25,26). The van der Waals surface area contributed by atoms with Crippen LogP contribution < -0.4 is 14.9 Å². The van der Waals surface area contributed by atoms with Gasteiger partial charge in [0.15, 0.2) is 0 Å². The van der Waals surface area contributed by atoms with Gasteiger partial charge in [0.1, 0.15) is 22.4 Å². The number of nitrogens with one attached hydrogen (secondary N) is 2. The monoisotopic (exact) mass is 477 g/mol. The summed E-state index contributed by atoms with van der Waals surface area (Å²) in [6, 6.07) is 13.1. The van der Waals surface area contributed by atoms with Crippen LogP contribution in [-0.4, -0.2) is 31.5 Å². The normalized spacial score (nSPS) is 14.0. The van der Waals surface area contributed by atoms with E-state index in [2.05, 4.69) is 24.9 Å². The lowest BCUT2D eigenvalue weighted by molar-refractivity contribution is 0.601. The fraction of sp³-hybridized carbons (Fsp3) is 0.238. The van der Waals surface area contributed by atoms with Crippen LogP contribution in [0.25, 0.3) is 0 Å². The van der Waals surface area contributed by atoms with E-state index in [9.17, 15) is 8.42 Å². The van der Waals surface area contributed by atoms with E-state index < -0.39 is 10.0 Å². The van der Waals surface area contributed by atoms with Crippen molar-refractivity contribution in [2.24, 2.45) is 0 Å². The molecule has 31 heavy (non-hydrogen) atoms. The molecule has 0 bridgehead atoms. The van der Waals surface area contributed by atoms with Crippen molar-refractivity contribution in [2.75, 3.05) is 28.0 Å². The number of aromatic nitrogens is 2. The number of rotatable bonds is 6. The molecule has 0 radical (unpaired) electrons. The van der Waals surface area contributed by atoms with Gasteiger partial charge in [-0.1, -0.05) is 23.2 Å². The molecule has 0 unspecified atom stereocenters. The van der Waals surface area contributed by atoms with Gasteiger partial charge in [0.05, 0.1) is 5.02 Å². The highest BCUT2D eigenvalue weighted by Crippen LogP contribution is 2.28. The molecule has 1 aliphatic heterocycles. The van der Waals surface area contributed by atoms with Gasteiger partial charge in [-0.3, -0.25) is 4.72 Å². The number of halogens is 2. The van der Waals surface area contributed by atoms with Gasteiger partial charge in [-0.15, -0.1) is 0 Å². The first kappa shape index (κ1) is 21.7. The first-order valence-electron chi connectivity index (χ1n) is 9.76. The first-order valence-corrected chi connectivity index (χ1v) is 12.0. The van der Waals surface area contributed by atoms with Crippen molar-refractivity contribution in [2.45, 2.75) is 24.7 Å². The summed E-state index contributed by atoms with van der Waals surface area (Å²) >= 11 is 11.9. The molecule has 3 aromatic rings. The van der Waals surface area contributed by atoms with Crippen molar-refractivity contribution >= 4 is 56.2 Å². The summed E-state index contributed by atoms with van der Waals surface area (Å²) in [6.07, 6.45) is 2.34. The highest BCUT2D eigenvalue weighted by Gasteiger charge is 2.19. The molecule has 0 saturated carbocycles. The van der Waals surface area contributed by atoms with Gasteiger partial charge in [-0.05, 0) is 62.2 Å². The lowest BCUT2D eigenvalue weighted by Gasteiger charge is -2.18. The van der Waals surface area contributed by atoms with Crippen LogP contribution in [0.5, 0.6) is 0 Å². The Morgan fingerprint density at radius 3 is 2.32 bits per heavy atom. The van der Waals surface area contributed by atoms with Gasteiger partial charge in [0, 0.05) is 35.6 Å². The maximum absolute atomic E-state index is 12.7. The maximum Gasteiger partial charge on any atom is 0.263 e. The van der Waals surface area contributed by atoms with E-state index in [0.29, 0.717) is 17.3 Å². The van der Waals surface area contributed by atoms with Crippen LogP contribution >= 0.6 is 23.2 Å². The van der Waals surface area contributed by atoms with E-state index >= 15 is 0 Å². The Labute approximate surface area is 191 Å². The third-order valence-corrected chi connectivity index (χ3v) is 6.94. The van der Waals surface area contributed by atoms with Gasteiger partial charge in [-0.2, -0.15) is 0 Å². The molecular weight excluding hydrogens is 457 g/mol. The predicted molar refractivity (Wildman–Crippen MR) is 125 cm³/mol. The van der Waals surface area contributed by atoms with Crippen LogP contribution in [0.15, 0.2) is 53.4 Å². The Morgan fingerprint density at radius 1 is 0.935 bits per heavy atom. The second-order valence-corrected chi connectivity index (χ2v) is 9.73. The smallest absolute Gasteiger partial charge is 0.263 e. The minimum Gasteiger partial charge on any atom is -0.356 e. The van der Waals surface area contributed by atoms with Gasteiger partial charge in [0.25, 0.3) is 10.0 Å². The van der Waals surface area contributed by atoms with Crippen LogP contribution in [0.1, 0.15) is 18.7 Å². The Morgan fingerprint density at radius 2 is 1.61 bits per heavy atom. The topological polar surface area (TPSA) is 87.2 Å². The summed E-state index contributed by atoms with van der Waals surface area (Å²) in [4.78, 5) is 11.2. The molecule has 2 aromatic carbocycles. The second-order valence-electron chi connectivity index (χ2n) is 7.24. The number of benzene rings is 2. The molecule has 10 heteroatoms. The highest BCUT2D eigenvalue weighted by atomic mass is 35.5. The van der Waals surface area contributed by atoms with Gasteiger partial charge in [-0.25, -0.2) is 18.4 Å². The van der Waals surface area contributed by atoms with Crippen molar-refractivity contribution in [1.82, 2.24) is 9.97 Å². The average molecular weight is 478 g/mol. The zero-order chi connectivity index (χ0) is 22.0. The van der Waals surface area contributed by atoms with Crippen LogP contribution in [0, 0.1) is 6.92 Å². The number of hydrogen-bond acceptors (Lipinski definition) is 6. The number of hydrogen-bond donors (Lipinski definition) is 2. The van der Waals surface area contributed by atoms with Crippen molar-refractivity contribution < 1.29 is 8.42 Å². The third kappa shape index (κ3) is 5.20. The fourth-order valence-electron chi connectivity index (χ4n) is 3.39. The van der Waals surface area contributed by atoms with E-state index in [4.69, 9.17) is 23.2 Å². The van der Waals surface area contributed by atoms with Gasteiger partial charge < -0.3 is 10.2 Å². The van der Waals surface area contributed by atoms with Crippen molar-refractivity contribution in [3.8, 4) is 0 Å². The third-order valence-electron chi connectivity index (χ3n) is 4.85. The molecule has 7 nitrogen and oxygen atoms in total. The summed E-state index contributed by atoms with van der Waals surface area (Å²) in [5.41, 5.74) is 1.17. The van der Waals surface area contributed by atoms with E-state index in [0.717, 1.165) is 24.6 Å². The van der Waals surface area contributed by atoms with E-state index in [1.165, 1.54) is 31.0 Å². The molecule has 1 aliphatic rings. The molecule has 1 aromatic heterocycles. The molecule has 0 aliphatic carbocycles. The van der Waals surface area contributed by atoms with E-state index in [1.807, 2.05) is 13.0 Å². The first-order chi connectivity index (χ1) is 14.8. The van der Waals surface area contributed by atoms with Crippen LogP contribution in [0.2, 0.25) is 10.0 Å². The molecular formula is C21H21Cl2N5O2S. The molecule has 162 valence electrons. The number of anilines is 4. The quantitative estimate of drug-likeness (QED) is 0.504. The largest absolute Gasteiger partial charge is 0.356 e. The average Bonchev–Trinajstić information content (AvgIpc) is 3.26. The molecule has 0 amide bonds. The molecule has 4 rings (SSSR count). The summed E-state index contributed by atoms with van der Waals surface area (Å²) in [5, 5.41) is 3.64. The molecule has 1 fully saturated rings. The minimum atomic E-state index is -3.87. The van der Waals surface area contributed by atoms with Crippen molar-refractivity contribution in [3.05, 3.63) is 64.4 Å². The summed E-state index contributed by atoms with van der Waals surface area (Å²) in [6.45, 7) is 3.87. The maximum atomic E-state index is 12.7. The highest BCUT2D eigenvalue weighted by molar-refractivity contribution is 7.92. The minimum absolute atomic E-state index is 0.0743. The Hall–Kier alpha value is -2.55. The van der Waals surface area contributed by atoms with Crippen molar-refractivity contribution in [1.29, 1.82) is 0 Å².